The van der Waals surface area contributed by atoms with Gasteiger partial charge in [0, 0.05) is 19.3 Å². The maximum Gasteiger partial charge on any atom is 0.238 e. The third kappa shape index (κ3) is 3.76. The van der Waals surface area contributed by atoms with Crippen molar-refractivity contribution in [2.45, 2.75) is 32.6 Å². The number of rotatable bonds is 3. The van der Waals surface area contributed by atoms with Crippen molar-refractivity contribution in [3.63, 3.8) is 0 Å². The molecule has 0 spiro atoms. The summed E-state index contributed by atoms with van der Waals surface area (Å²) in [4.78, 5) is 69.1. The molecule has 0 radical (unpaired) electrons. The number of fused-ring (bicyclic) bond motifs is 3. The summed E-state index contributed by atoms with van der Waals surface area (Å²) in [5.74, 6) is -3.53. The van der Waals surface area contributed by atoms with Crippen molar-refractivity contribution in [1.82, 2.24) is 0 Å². The highest BCUT2D eigenvalue weighted by atomic mass is 16.2. The summed E-state index contributed by atoms with van der Waals surface area (Å²) >= 11 is 0. The minimum atomic E-state index is -0.591. The Morgan fingerprint density at radius 3 is 1.86 bits per heavy atom. The molecule has 0 bridgehead atoms. The second-order valence-corrected chi connectivity index (χ2v) is 10.7. The molecule has 2 aromatic rings. The topological polar surface area (TPSA) is 91.8 Å². The smallest absolute Gasteiger partial charge is 0.238 e. The molecule has 6 unspecified atom stereocenters. The van der Waals surface area contributed by atoms with Gasteiger partial charge in [-0.1, -0.05) is 55.0 Å². The summed E-state index contributed by atoms with van der Waals surface area (Å²) in [5.41, 5.74) is 2.07. The van der Waals surface area contributed by atoms with Crippen LogP contribution in [0.1, 0.15) is 32.6 Å². The molecule has 2 aliphatic heterocycles. The van der Waals surface area contributed by atoms with Gasteiger partial charge in [-0.2, -0.15) is 0 Å². The quantitative estimate of drug-likeness (QED) is 0.474. The van der Waals surface area contributed by atoms with E-state index in [9.17, 15) is 24.0 Å². The van der Waals surface area contributed by atoms with Crippen molar-refractivity contribution in [2.75, 3.05) is 9.80 Å². The highest BCUT2D eigenvalue weighted by molar-refractivity contribution is 6.23. The zero-order chi connectivity index (χ0) is 25.8. The van der Waals surface area contributed by atoms with E-state index in [1.165, 1.54) is 9.80 Å². The molecule has 0 aromatic heterocycles. The molecule has 3 fully saturated rings. The lowest BCUT2D eigenvalue weighted by atomic mass is 9.66. The Morgan fingerprint density at radius 2 is 1.22 bits per heavy atom. The highest BCUT2D eigenvalue weighted by Crippen LogP contribution is 2.51. The van der Waals surface area contributed by atoms with E-state index in [1.807, 2.05) is 25.1 Å². The van der Waals surface area contributed by atoms with Crippen LogP contribution < -0.4 is 9.80 Å². The van der Waals surface area contributed by atoms with Crippen molar-refractivity contribution in [2.24, 2.45) is 35.5 Å². The van der Waals surface area contributed by atoms with E-state index in [2.05, 4.69) is 0 Å². The number of carbonyl (C=O) groups is 5. The number of anilines is 2. The summed E-state index contributed by atoms with van der Waals surface area (Å²) in [5, 5.41) is 0. The first-order chi connectivity index (χ1) is 17.8. The molecule has 7 nitrogen and oxygen atoms in total. The number of nitrogens with zero attached hydrogens (tertiary/aromatic N) is 2. The fraction of sp³-hybridized carbons (Fsp3) is 0.367. The standard InChI is InChI=1S/C30H28N2O5/c1-17-12-18-13-19(24-16-25(34)31(28(24)35)20-8-4-2-5-9-20)14-22(33)15-23(18)27-26(17)29(36)32(30(27)37)21-10-6-3-7-11-21/h2-12,17,19,23-24,26-27H,13-16H2,1H3. The second-order valence-electron chi connectivity index (χ2n) is 10.7. The molecular formula is C30H28N2O5. The average molecular weight is 497 g/mol. The summed E-state index contributed by atoms with van der Waals surface area (Å²) in [7, 11) is 0. The molecule has 2 heterocycles. The number of hydrogen-bond donors (Lipinski definition) is 0. The second kappa shape index (κ2) is 8.91. The highest BCUT2D eigenvalue weighted by Gasteiger charge is 2.57. The Bertz CT molecular complexity index is 1330. The zero-order valence-electron chi connectivity index (χ0n) is 20.6. The zero-order valence-corrected chi connectivity index (χ0v) is 20.6. The van der Waals surface area contributed by atoms with Gasteiger partial charge in [-0.25, -0.2) is 0 Å². The average Bonchev–Trinajstić information content (AvgIpc) is 3.26. The van der Waals surface area contributed by atoms with E-state index in [0.29, 0.717) is 17.8 Å². The van der Waals surface area contributed by atoms with Crippen LogP contribution >= 0.6 is 0 Å². The van der Waals surface area contributed by atoms with Crippen LogP contribution in [0.25, 0.3) is 0 Å². The van der Waals surface area contributed by atoms with Gasteiger partial charge in [-0.15, -0.1) is 0 Å². The van der Waals surface area contributed by atoms with E-state index in [-0.39, 0.29) is 66.4 Å². The van der Waals surface area contributed by atoms with Crippen molar-refractivity contribution in [1.29, 1.82) is 0 Å². The number of allylic oxidation sites excluding steroid dienone is 2. The normalized spacial score (nSPS) is 31.8. The first kappa shape index (κ1) is 23.5. The van der Waals surface area contributed by atoms with Crippen LogP contribution in [0, 0.1) is 35.5 Å². The van der Waals surface area contributed by atoms with Gasteiger partial charge < -0.3 is 0 Å². The van der Waals surface area contributed by atoms with Gasteiger partial charge in [0.1, 0.15) is 5.78 Å². The molecule has 1 saturated carbocycles. The van der Waals surface area contributed by atoms with Gasteiger partial charge in [-0.3, -0.25) is 33.8 Å². The van der Waals surface area contributed by atoms with Gasteiger partial charge in [-0.05, 0) is 48.4 Å². The van der Waals surface area contributed by atoms with Gasteiger partial charge in [0.15, 0.2) is 0 Å². The minimum Gasteiger partial charge on any atom is -0.300 e. The Balaban J connectivity index is 1.30. The Kier molecular flexibility index (Phi) is 5.66. The molecule has 2 saturated heterocycles. The monoisotopic (exact) mass is 496 g/mol. The minimum absolute atomic E-state index is 0.0245. The molecule has 4 amide bonds. The molecule has 37 heavy (non-hydrogen) atoms. The number of hydrogen-bond acceptors (Lipinski definition) is 5. The molecule has 4 aliphatic rings. The molecule has 0 N–H and O–H groups in total. The first-order valence-electron chi connectivity index (χ1n) is 12.9. The van der Waals surface area contributed by atoms with Crippen LogP contribution in [0.15, 0.2) is 72.3 Å². The largest absolute Gasteiger partial charge is 0.300 e. The van der Waals surface area contributed by atoms with Crippen molar-refractivity contribution < 1.29 is 24.0 Å². The third-order valence-corrected chi connectivity index (χ3v) is 8.57. The maximum atomic E-state index is 13.7. The number of para-hydroxylation sites is 2. The van der Waals surface area contributed by atoms with Crippen LogP contribution in [0.5, 0.6) is 0 Å². The van der Waals surface area contributed by atoms with Crippen LogP contribution in [0.3, 0.4) is 0 Å². The van der Waals surface area contributed by atoms with Crippen LogP contribution in [0.4, 0.5) is 11.4 Å². The van der Waals surface area contributed by atoms with Crippen molar-refractivity contribution in [3.8, 4) is 0 Å². The van der Waals surface area contributed by atoms with Crippen LogP contribution in [0.2, 0.25) is 0 Å². The maximum absolute atomic E-state index is 13.7. The fourth-order valence-electron chi connectivity index (χ4n) is 6.95. The summed E-state index contributed by atoms with van der Waals surface area (Å²) in [6.07, 6.45) is 2.96. The van der Waals surface area contributed by atoms with Gasteiger partial charge in [0.2, 0.25) is 23.6 Å². The van der Waals surface area contributed by atoms with Gasteiger partial charge in [0.05, 0.1) is 29.1 Å². The van der Waals surface area contributed by atoms with Crippen LogP contribution in [-0.4, -0.2) is 29.4 Å². The molecule has 7 heteroatoms. The number of Topliss-reactive ketones (excluding diaryl/α,β-unsaturated/α-hetero) is 1. The van der Waals surface area contributed by atoms with Gasteiger partial charge in [0.25, 0.3) is 0 Å². The lowest BCUT2D eigenvalue weighted by molar-refractivity contribution is -0.125. The van der Waals surface area contributed by atoms with E-state index in [0.717, 1.165) is 5.57 Å². The van der Waals surface area contributed by atoms with E-state index in [1.54, 1.807) is 48.5 Å². The number of carbonyl (C=O) groups excluding carboxylic acids is 5. The lowest BCUT2D eigenvalue weighted by Gasteiger charge is -2.34. The lowest BCUT2D eigenvalue weighted by Crippen LogP contribution is -2.36. The van der Waals surface area contributed by atoms with Crippen molar-refractivity contribution >= 4 is 40.8 Å². The van der Waals surface area contributed by atoms with E-state index >= 15 is 0 Å². The van der Waals surface area contributed by atoms with E-state index in [4.69, 9.17) is 0 Å². The predicted octanol–water partition coefficient (Wildman–Crippen LogP) is 3.93. The Labute approximate surface area is 215 Å². The fourth-order valence-corrected chi connectivity index (χ4v) is 6.95. The van der Waals surface area contributed by atoms with Crippen LogP contribution in [-0.2, 0) is 24.0 Å². The first-order valence-corrected chi connectivity index (χ1v) is 12.9. The number of amides is 4. The molecule has 2 aliphatic carbocycles. The molecule has 2 aromatic carbocycles. The summed E-state index contributed by atoms with van der Waals surface area (Å²) in [6, 6.07) is 17.8. The SMILES string of the molecule is CC1C=C2CC(C3CC(=O)N(c4ccccc4)C3=O)CC(=O)CC2C2C(=O)N(c3ccccc3)C(=O)C12. The van der Waals surface area contributed by atoms with Crippen molar-refractivity contribution in [3.05, 3.63) is 72.3 Å². The molecular weight excluding hydrogens is 468 g/mol. The molecule has 188 valence electrons. The predicted molar refractivity (Wildman–Crippen MR) is 136 cm³/mol. The summed E-state index contributed by atoms with van der Waals surface area (Å²) in [6.45, 7) is 1.95. The number of imide groups is 2. The Morgan fingerprint density at radius 1 is 0.622 bits per heavy atom. The van der Waals surface area contributed by atoms with Gasteiger partial charge >= 0.3 is 0 Å². The number of benzene rings is 2. The van der Waals surface area contributed by atoms with E-state index < -0.39 is 17.8 Å². The third-order valence-electron chi connectivity index (χ3n) is 8.57. The number of ketones is 1. The molecule has 6 atom stereocenters. The summed E-state index contributed by atoms with van der Waals surface area (Å²) < 4.78 is 0. The Hall–Kier alpha value is -3.87. The molecule has 6 rings (SSSR count).